The van der Waals surface area contributed by atoms with Crippen molar-refractivity contribution < 1.29 is 35.8 Å². The summed E-state index contributed by atoms with van der Waals surface area (Å²) in [6.45, 7) is 0. The largest absolute Gasteiger partial charge is 0.573 e. The number of nitriles is 8. The van der Waals surface area contributed by atoms with Gasteiger partial charge in [0.25, 0.3) is 0 Å². The van der Waals surface area contributed by atoms with E-state index in [9.17, 15) is 68.4 Å². The Bertz CT molecular complexity index is 2390. The smallest absolute Gasteiger partial charge is 0.406 e. The first kappa shape index (κ1) is 35.0. The van der Waals surface area contributed by atoms with Crippen LogP contribution in [0.1, 0.15) is 22.3 Å². The monoisotopic (exact) mass is 698 g/mol. The van der Waals surface area contributed by atoms with Gasteiger partial charge in [0.2, 0.25) is 0 Å². The van der Waals surface area contributed by atoms with Gasteiger partial charge in [-0.05, 0) is 46.5 Å². The van der Waals surface area contributed by atoms with E-state index >= 15 is 0 Å². The summed E-state index contributed by atoms with van der Waals surface area (Å²) < 4.78 is 86.1. The molecule has 0 radical (unpaired) electrons. The van der Waals surface area contributed by atoms with E-state index in [0.29, 0.717) is 0 Å². The van der Waals surface area contributed by atoms with E-state index in [1.54, 1.807) is 36.4 Å². The van der Waals surface area contributed by atoms with Gasteiger partial charge in [-0.15, -0.1) is 26.3 Å². The summed E-state index contributed by atoms with van der Waals surface area (Å²) >= 11 is 0. The Kier molecular flexibility index (Phi) is 8.74. The second-order valence-corrected chi connectivity index (χ2v) is 10.3. The first-order valence-corrected chi connectivity index (χ1v) is 13.9. The van der Waals surface area contributed by atoms with Crippen molar-refractivity contribution >= 4 is 22.3 Å². The number of nitrogens with zero attached hydrogens (tertiary/aromatic N) is 8. The van der Waals surface area contributed by atoms with E-state index in [-0.39, 0.29) is 44.5 Å². The van der Waals surface area contributed by atoms with Gasteiger partial charge in [-0.1, -0.05) is 24.3 Å². The van der Waals surface area contributed by atoms with Crippen molar-refractivity contribution in [3.8, 4) is 82.3 Å². The van der Waals surface area contributed by atoms with E-state index in [1.807, 2.05) is 12.1 Å². The Morgan fingerprint density at radius 3 is 0.923 bits per heavy atom. The molecular formula is C36H8F6N8O2. The van der Waals surface area contributed by atoms with Crippen LogP contribution in [0.15, 0.2) is 70.8 Å². The van der Waals surface area contributed by atoms with Crippen molar-refractivity contribution in [2.24, 2.45) is 0 Å². The molecule has 0 aromatic heterocycles. The predicted molar refractivity (Wildman–Crippen MR) is 163 cm³/mol. The number of hydrogen-bond acceptors (Lipinski definition) is 10. The lowest BCUT2D eigenvalue weighted by molar-refractivity contribution is -0.275. The highest BCUT2D eigenvalue weighted by Gasteiger charge is 2.43. The summed E-state index contributed by atoms with van der Waals surface area (Å²) in [5.74, 6) is -1.40. The molecule has 0 heterocycles. The van der Waals surface area contributed by atoms with Crippen LogP contribution in [-0.4, -0.2) is 12.7 Å². The van der Waals surface area contributed by atoms with Crippen LogP contribution < -0.4 is 9.47 Å². The summed E-state index contributed by atoms with van der Waals surface area (Å²) in [6.07, 6.45) is -10.2. The number of hydrogen-bond donors (Lipinski definition) is 0. The van der Waals surface area contributed by atoms with Gasteiger partial charge in [-0.2, -0.15) is 42.1 Å². The lowest BCUT2D eigenvalue weighted by Gasteiger charge is -2.23. The number of halogens is 6. The average Bonchev–Trinajstić information content (AvgIpc) is 3.60. The highest BCUT2D eigenvalue weighted by Crippen LogP contribution is 2.59. The zero-order valence-electron chi connectivity index (χ0n) is 25.3. The molecule has 3 aromatic carbocycles. The molecular weight excluding hydrogens is 690 g/mol. The molecule has 0 fully saturated rings. The van der Waals surface area contributed by atoms with Gasteiger partial charge in [0.1, 0.15) is 71.2 Å². The van der Waals surface area contributed by atoms with E-state index in [0.717, 1.165) is 48.5 Å². The van der Waals surface area contributed by atoms with Crippen LogP contribution in [0, 0.1) is 90.6 Å². The van der Waals surface area contributed by atoms with Crippen molar-refractivity contribution in [3.63, 3.8) is 0 Å². The molecule has 0 amide bonds. The summed E-state index contributed by atoms with van der Waals surface area (Å²) in [5.41, 5.74) is -6.06. The van der Waals surface area contributed by atoms with Crippen molar-refractivity contribution in [2.75, 3.05) is 0 Å². The molecule has 246 valence electrons. The van der Waals surface area contributed by atoms with Gasteiger partial charge >= 0.3 is 12.7 Å². The average molecular weight is 699 g/mol. The predicted octanol–water partition coefficient (Wildman–Crippen LogP) is 8.05. The molecule has 0 spiro atoms. The molecule has 3 aromatic rings. The Morgan fingerprint density at radius 1 is 0.404 bits per heavy atom. The maximum absolute atomic E-state index is 13.0. The molecule has 0 saturated heterocycles. The molecule has 0 aliphatic heterocycles. The van der Waals surface area contributed by atoms with Crippen LogP contribution >= 0.6 is 0 Å². The third-order valence-electron chi connectivity index (χ3n) is 7.65. The number of benzene rings is 3. The maximum atomic E-state index is 13.0. The lowest BCUT2D eigenvalue weighted by Crippen LogP contribution is -2.17. The topological polar surface area (TPSA) is 209 Å². The highest BCUT2D eigenvalue weighted by atomic mass is 19.4. The van der Waals surface area contributed by atoms with Gasteiger partial charge in [-0.25, -0.2) is 0 Å². The molecule has 0 bridgehead atoms. The van der Waals surface area contributed by atoms with E-state index in [1.165, 1.54) is 0 Å². The maximum Gasteiger partial charge on any atom is 0.573 e. The molecule has 0 saturated carbocycles. The fourth-order valence-corrected chi connectivity index (χ4v) is 5.94. The number of alkyl halides is 6. The normalized spacial score (nSPS) is 12.8. The molecule has 0 N–H and O–H groups in total. The second kappa shape index (κ2) is 13.0. The van der Waals surface area contributed by atoms with Gasteiger partial charge in [0.15, 0.2) is 0 Å². The minimum absolute atomic E-state index is 0.0755. The van der Waals surface area contributed by atoms with Crippen molar-refractivity contribution in [1.29, 1.82) is 42.1 Å². The third kappa shape index (κ3) is 5.75. The van der Waals surface area contributed by atoms with Crippen LogP contribution in [0.5, 0.6) is 11.5 Å². The molecule has 10 nitrogen and oxygen atoms in total. The van der Waals surface area contributed by atoms with Gasteiger partial charge < -0.3 is 9.47 Å². The molecule has 5 rings (SSSR count). The highest BCUT2D eigenvalue weighted by molar-refractivity contribution is 6.23. The number of allylic oxidation sites excluding steroid dienone is 8. The number of ether oxygens (including phenoxy) is 2. The van der Waals surface area contributed by atoms with Crippen LogP contribution in [0.3, 0.4) is 0 Å². The summed E-state index contributed by atoms with van der Waals surface area (Å²) in [6, 6.07) is 21.5. The summed E-state index contributed by atoms with van der Waals surface area (Å²) in [7, 11) is 0. The Balaban J connectivity index is 2.13. The van der Waals surface area contributed by atoms with E-state index < -0.39 is 68.8 Å². The molecule has 0 unspecified atom stereocenters. The molecule has 16 heteroatoms. The zero-order chi connectivity index (χ0) is 38.1. The number of fused-ring (bicyclic) bond motifs is 2. The van der Waals surface area contributed by atoms with Crippen LogP contribution in [0.2, 0.25) is 0 Å². The molecule has 52 heavy (non-hydrogen) atoms. The molecule has 0 atom stereocenters. The van der Waals surface area contributed by atoms with E-state index in [4.69, 9.17) is 0 Å². The second-order valence-electron chi connectivity index (χ2n) is 10.3. The first-order chi connectivity index (χ1) is 24.7. The molecule has 2 aliphatic rings. The Hall–Kier alpha value is -8.28. The van der Waals surface area contributed by atoms with Crippen LogP contribution in [0.25, 0.3) is 44.5 Å². The van der Waals surface area contributed by atoms with Gasteiger partial charge in [-0.3, -0.25) is 0 Å². The van der Waals surface area contributed by atoms with Gasteiger partial charge in [0, 0.05) is 33.4 Å². The SMILES string of the molecule is N#CC(C#N)=C1C(C#N)=C(C#N)c2c1c(-c1ccc(OC(F)(F)F)cc1)c1c(c2-c2ccc(OC(F)(F)F)cc2)C(=C(C#N)C#N)C(C#N)=C1C#N. The lowest BCUT2D eigenvalue weighted by atomic mass is 9.78. The zero-order valence-corrected chi connectivity index (χ0v) is 25.3. The van der Waals surface area contributed by atoms with Gasteiger partial charge in [0.05, 0.1) is 22.3 Å². The van der Waals surface area contributed by atoms with Crippen molar-refractivity contribution in [3.05, 3.63) is 93.1 Å². The molecule has 2 aliphatic carbocycles. The van der Waals surface area contributed by atoms with Crippen LogP contribution in [-0.2, 0) is 0 Å². The Morgan fingerprint density at radius 2 is 0.692 bits per heavy atom. The Labute approximate surface area is 288 Å². The first-order valence-electron chi connectivity index (χ1n) is 13.9. The van der Waals surface area contributed by atoms with Crippen LogP contribution in [0.4, 0.5) is 26.3 Å². The minimum Gasteiger partial charge on any atom is -0.406 e. The standard InChI is InChI=1S/C36H8F6N8O2/c37-35(38,39)51-21-5-1-17(2-6-21)29-31-25(15-49)23(13-47)28(20(11-45)12-46)34(31)30(18-3-7-22(8-4-18)52-36(40,41)42)32-26(16-50)24(14-48)27(33(29)32)19(9-43)10-44/h1-8H. The summed E-state index contributed by atoms with van der Waals surface area (Å²) in [4.78, 5) is 0. The quantitative estimate of drug-likeness (QED) is 0.189. The minimum atomic E-state index is -5.10. The summed E-state index contributed by atoms with van der Waals surface area (Å²) in [5, 5.41) is 81.5. The fraction of sp³-hybridized carbons (Fsp3) is 0.0556. The number of rotatable bonds is 4. The van der Waals surface area contributed by atoms with Crippen molar-refractivity contribution in [1.82, 2.24) is 0 Å². The van der Waals surface area contributed by atoms with Crippen molar-refractivity contribution in [2.45, 2.75) is 12.7 Å². The fourth-order valence-electron chi connectivity index (χ4n) is 5.94. The third-order valence-corrected chi connectivity index (χ3v) is 7.65. The van der Waals surface area contributed by atoms with E-state index in [2.05, 4.69) is 9.47 Å².